The maximum atomic E-state index is 4.24. The quantitative estimate of drug-likeness (QED) is 0.659. The van der Waals surface area contributed by atoms with Crippen LogP contribution in [-0.4, -0.2) is 9.97 Å². The molecular weight excluding hydrogens is 148 g/mol. The fraction of sp³-hybridized carbons (Fsp3) is 0.600. The molecule has 0 atom stereocenters. The van der Waals surface area contributed by atoms with Crippen molar-refractivity contribution in [2.45, 2.75) is 37.5 Å². The van der Waals surface area contributed by atoms with Crippen LogP contribution < -0.4 is 0 Å². The van der Waals surface area contributed by atoms with Gasteiger partial charge in [-0.05, 0) is 25.7 Å². The minimum absolute atomic E-state index is 0.713. The maximum Gasteiger partial charge on any atom is 0.116 e. The minimum atomic E-state index is 0.713. The lowest BCUT2D eigenvalue weighted by atomic mass is 10.2. The molecule has 0 saturated heterocycles. The van der Waals surface area contributed by atoms with E-state index in [0.717, 1.165) is 11.4 Å². The molecule has 61 valence electrons. The lowest BCUT2D eigenvalue weighted by molar-refractivity contribution is 0.916. The van der Waals surface area contributed by atoms with Crippen LogP contribution in [0.3, 0.4) is 0 Å². The topological polar surface area (TPSA) is 25.8 Å². The first-order valence-electron chi connectivity index (χ1n) is 4.67. The second-order valence-corrected chi connectivity index (χ2v) is 3.82. The number of aromatic nitrogens is 2. The Kier molecular flexibility index (Phi) is 1.25. The molecule has 0 N–H and O–H groups in total. The third kappa shape index (κ3) is 1.11. The van der Waals surface area contributed by atoms with Gasteiger partial charge in [0.2, 0.25) is 0 Å². The first-order chi connectivity index (χ1) is 5.93. The average Bonchev–Trinajstić information content (AvgIpc) is 2.98. The van der Waals surface area contributed by atoms with Gasteiger partial charge in [0.15, 0.2) is 0 Å². The van der Waals surface area contributed by atoms with Crippen LogP contribution in [0.5, 0.6) is 0 Å². The van der Waals surface area contributed by atoms with Crippen LogP contribution in [0.4, 0.5) is 0 Å². The van der Waals surface area contributed by atoms with Crippen LogP contribution in [-0.2, 0) is 0 Å². The molecule has 1 heterocycles. The van der Waals surface area contributed by atoms with E-state index in [0.29, 0.717) is 11.8 Å². The summed E-state index contributed by atoms with van der Waals surface area (Å²) in [5.41, 5.74) is 2.32. The van der Waals surface area contributed by atoms with Gasteiger partial charge in [-0.1, -0.05) is 0 Å². The van der Waals surface area contributed by atoms with Crippen molar-refractivity contribution in [1.29, 1.82) is 0 Å². The van der Waals surface area contributed by atoms with Crippen molar-refractivity contribution in [2.24, 2.45) is 0 Å². The molecule has 0 amide bonds. The van der Waals surface area contributed by atoms with Gasteiger partial charge >= 0.3 is 0 Å². The molecule has 1 aromatic heterocycles. The number of rotatable bonds is 2. The highest BCUT2D eigenvalue weighted by molar-refractivity contribution is 5.20. The second-order valence-electron chi connectivity index (χ2n) is 3.82. The van der Waals surface area contributed by atoms with Crippen molar-refractivity contribution in [3.8, 4) is 0 Å². The third-order valence-electron chi connectivity index (χ3n) is 2.58. The summed E-state index contributed by atoms with van der Waals surface area (Å²) in [6.45, 7) is 0. The van der Waals surface area contributed by atoms with Gasteiger partial charge in [0.25, 0.3) is 0 Å². The first kappa shape index (κ1) is 6.58. The molecule has 0 aliphatic heterocycles. The van der Waals surface area contributed by atoms with E-state index in [4.69, 9.17) is 0 Å². The van der Waals surface area contributed by atoms with Crippen LogP contribution in [0.25, 0.3) is 0 Å². The highest BCUT2D eigenvalue weighted by Gasteiger charge is 2.29. The van der Waals surface area contributed by atoms with Crippen molar-refractivity contribution in [3.63, 3.8) is 0 Å². The molecule has 1 radical (unpaired) electrons. The molecule has 2 aliphatic carbocycles. The Bertz CT molecular complexity index is 273. The second kappa shape index (κ2) is 2.28. The largest absolute Gasteiger partial charge is 0.240 e. The van der Waals surface area contributed by atoms with Gasteiger partial charge in [-0.2, -0.15) is 0 Å². The molecule has 0 aromatic carbocycles. The minimum Gasteiger partial charge on any atom is -0.240 e. The van der Waals surface area contributed by atoms with Gasteiger partial charge in [-0.25, -0.2) is 9.97 Å². The summed E-state index contributed by atoms with van der Waals surface area (Å²) in [5.74, 6) is 1.43. The van der Waals surface area contributed by atoms with Gasteiger partial charge in [-0.15, -0.1) is 0 Å². The van der Waals surface area contributed by atoms with Gasteiger partial charge in [-0.3, -0.25) is 0 Å². The van der Waals surface area contributed by atoms with Gasteiger partial charge in [0.1, 0.15) is 6.33 Å². The summed E-state index contributed by atoms with van der Waals surface area (Å²) in [7, 11) is 0. The van der Waals surface area contributed by atoms with Crippen molar-refractivity contribution >= 4 is 0 Å². The molecule has 2 aliphatic rings. The fourth-order valence-corrected chi connectivity index (χ4v) is 1.48. The molecular formula is C10H11N2. The zero-order valence-corrected chi connectivity index (χ0v) is 6.95. The summed E-state index contributed by atoms with van der Waals surface area (Å²) < 4.78 is 0. The Morgan fingerprint density at radius 2 is 1.50 bits per heavy atom. The third-order valence-corrected chi connectivity index (χ3v) is 2.58. The molecule has 12 heavy (non-hydrogen) atoms. The molecule has 2 nitrogen and oxygen atoms in total. The summed E-state index contributed by atoms with van der Waals surface area (Å²) in [5, 5.41) is 0. The molecule has 2 fully saturated rings. The predicted molar refractivity (Wildman–Crippen MR) is 44.8 cm³/mol. The highest BCUT2D eigenvalue weighted by atomic mass is 14.9. The number of hydrogen-bond donors (Lipinski definition) is 0. The Morgan fingerprint density at radius 1 is 1.00 bits per heavy atom. The van der Waals surface area contributed by atoms with E-state index in [-0.39, 0.29) is 0 Å². The predicted octanol–water partition coefficient (Wildman–Crippen LogP) is 2.03. The summed E-state index contributed by atoms with van der Waals surface area (Å²) >= 11 is 0. The van der Waals surface area contributed by atoms with E-state index in [2.05, 4.69) is 16.0 Å². The van der Waals surface area contributed by atoms with E-state index in [1.165, 1.54) is 25.7 Å². The summed E-state index contributed by atoms with van der Waals surface area (Å²) in [6, 6.07) is 3.35. The molecule has 3 rings (SSSR count). The van der Waals surface area contributed by atoms with Crippen LogP contribution in [0.15, 0.2) is 6.33 Å². The van der Waals surface area contributed by atoms with Crippen LogP contribution >= 0.6 is 0 Å². The monoisotopic (exact) mass is 159 g/mol. The van der Waals surface area contributed by atoms with E-state index >= 15 is 0 Å². The molecule has 2 saturated carbocycles. The van der Waals surface area contributed by atoms with E-state index in [9.17, 15) is 0 Å². The Labute approximate surface area is 72.0 Å². The number of nitrogens with zero attached hydrogens (tertiary/aromatic N) is 2. The zero-order valence-electron chi connectivity index (χ0n) is 6.95. The van der Waals surface area contributed by atoms with Gasteiger partial charge < -0.3 is 0 Å². The van der Waals surface area contributed by atoms with E-state index in [1.54, 1.807) is 6.33 Å². The van der Waals surface area contributed by atoms with E-state index in [1.807, 2.05) is 0 Å². The lowest BCUT2D eigenvalue weighted by Crippen LogP contribution is -1.93. The molecule has 0 unspecified atom stereocenters. The fourth-order valence-electron chi connectivity index (χ4n) is 1.48. The molecule has 0 spiro atoms. The standard InChI is InChI=1S/C10H11N2/c1-2-7(1)9-5-10(8-3-4-8)12-6-11-9/h6-8H,1-4H2. The summed E-state index contributed by atoms with van der Waals surface area (Å²) in [6.07, 6.45) is 6.92. The van der Waals surface area contributed by atoms with Crippen LogP contribution in [0, 0.1) is 6.07 Å². The van der Waals surface area contributed by atoms with Crippen molar-refractivity contribution < 1.29 is 0 Å². The van der Waals surface area contributed by atoms with Crippen molar-refractivity contribution in [3.05, 3.63) is 23.8 Å². The molecule has 2 heteroatoms. The Hall–Kier alpha value is -0.920. The van der Waals surface area contributed by atoms with Gasteiger partial charge in [0, 0.05) is 17.9 Å². The SMILES string of the molecule is [c]1c(C2CC2)ncnc1C1CC1. The molecule has 0 bridgehead atoms. The van der Waals surface area contributed by atoms with Crippen LogP contribution in [0.2, 0.25) is 0 Å². The lowest BCUT2D eigenvalue weighted by Gasteiger charge is -1.98. The van der Waals surface area contributed by atoms with Crippen molar-refractivity contribution in [2.75, 3.05) is 0 Å². The smallest absolute Gasteiger partial charge is 0.116 e. The van der Waals surface area contributed by atoms with Crippen molar-refractivity contribution in [1.82, 2.24) is 9.97 Å². The molecule has 1 aromatic rings. The normalized spacial score (nSPS) is 22.7. The maximum absolute atomic E-state index is 4.24. The Balaban J connectivity index is 1.93. The average molecular weight is 159 g/mol. The number of hydrogen-bond acceptors (Lipinski definition) is 2. The Morgan fingerprint density at radius 3 is 1.92 bits per heavy atom. The van der Waals surface area contributed by atoms with E-state index < -0.39 is 0 Å². The summed E-state index contributed by atoms with van der Waals surface area (Å²) in [4.78, 5) is 8.49. The van der Waals surface area contributed by atoms with Crippen LogP contribution in [0.1, 0.15) is 48.9 Å². The zero-order chi connectivity index (χ0) is 7.97. The van der Waals surface area contributed by atoms with Gasteiger partial charge in [0.05, 0.1) is 11.4 Å². The highest BCUT2D eigenvalue weighted by Crippen LogP contribution is 2.42. The first-order valence-corrected chi connectivity index (χ1v) is 4.67.